The molecule has 2 aromatic carbocycles. The molecule has 1 amide bonds. The number of carbonyl (C=O) groups is 2. The first-order valence-corrected chi connectivity index (χ1v) is 12.7. The molecule has 37 heavy (non-hydrogen) atoms. The number of aryl methyl sites for hydroxylation is 1. The van der Waals surface area contributed by atoms with E-state index in [9.17, 15) is 14.7 Å². The van der Waals surface area contributed by atoms with Gasteiger partial charge in [-0.2, -0.15) is 0 Å². The zero-order valence-electron chi connectivity index (χ0n) is 22.8. The van der Waals surface area contributed by atoms with Gasteiger partial charge in [0.05, 0.1) is 31.9 Å². The summed E-state index contributed by atoms with van der Waals surface area (Å²) in [4.78, 5) is 30.5. The smallest absolute Gasteiger partial charge is 0.295 e. The van der Waals surface area contributed by atoms with Crippen LogP contribution < -0.4 is 14.2 Å². The van der Waals surface area contributed by atoms with Crippen molar-refractivity contribution in [1.82, 2.24) is 9.80 Å². The summed E-state index contributed by atoms with van der Waals surface area (Å²) in [5.74, 6) is -0.0463. The Kier molecular flexibility index (Phi) is 9.21. The third kappa shape index (κ3) is 5.74. The van der Waals surface area contributed by atoms with Gasteiger partial charge in [0.25, 0.3) is 11.7 Å². The van der Waals surface area contributed by atoms with Gasteiger partial charge in [-0.05, 0) is 63.7 Å². The van der Waals surface area contributed by atoms with Crippen molar-refractivity contribution >= 4 is 17.4 Å². The molecule has 1 N–H and O–H groups in total. The van der Waals surface area contributed by atoms with E-state index in [0.717, 1.165) is 18.7 Å². The summed E-state index contributed by atoms with van der Waals surface area (Å²) in [5.41, 5.74) is 1.83. The van der Waals surface area contributed by atoms with Crippen LogP contribution in [0, 0.1) is 6.92 Å². The highest BCUT2D eigenvalue weighted by atomic mass is 16.5. The van der Waals surface area contributed by atoms with Crippen LogP contribution in [0.25, 0.3) is 5.76 Å². The molecule has 1 aliphatic rings. The second-order valence-corrected chi connectivity index (χ2v) is 9.25. The monoisotopic (exact) mass is 510 g/mol. The molecular weight excluding hydrogens is 472 g/mol. The number of nitrogens with zero attached hydrogens (tertiary/aromatic N) is 2. The summed E-state index contributed by atoms with van der Waals surface area (Å²) in [6.07, 6.45) is -0.00481. The fraction of sp³-hybridized carbons (Fsp3) is 0.448. The average Bonchev–Trinajstić information content (AvgIpc) is 3.14. The van der Waals surface area contributed by atoms with Crippen LogP contribution in [0.3, 0.4) is 0 Å². The van der Waals surface area contributed by atoms with E-state index in [0.29, 0.717) is 41.5 Å². The van der Waals surface area contributed by atoms with Crippen LogP contribution in [0.15, 0.2) is 42.0 Å². The number of likely N-dealkylation sites (tertiary alicyclic amines) is 1. The Hall–Kier alpha value is -3.52. The summed E-state index contributed by atoms with van der Waals surface area (Å²) < 4.78 is 17.0. The number of rotatable bonds is 11. The van der Waals surface area contributed by atoms with Gasteiger partial charge >= 0.3 is 0 Å². The number of amides is 1. The molecule has 0 spiro atoms. The number of aliphatic hydroxyl groups is 1. The second-order valence-electron chi connectivity index (χ2n) is 9.25. The molecule has 0 bridgehead atoms. The summed E-state index contributed by atoms with van der Waals surface area (Å²) in [5, 5.41) is 11.5. The molecule has 8 nitrogen and oxygen atoms in total. The molecule has 200 valence electrons. The van der Waals surface area contributed by atoms with E-state index in [-0.39, 0.29) is 17.4 Å². The molecule has 8 heteroatoms. The van der Waals surface area contributed by atoms with Crippen molar-refractivity contribution in [3.63, 3.8) is 0 Å². The number of likely N-dealkylation sites (N-methyl/N-ethyl adjacent to an activating group) is 1. The van der Waals surface area contributed by atoms with E-state index in [2.05, 4.69) is 18.7 Å². The molecule has 3 rings (SSSR count). The molecule has 0 radical (unpaired) electrons. The lowest BCUT2D eigenvalue weighted by atomic mass is 9.94. The molecule has 0 aliphatic carbocycles. The van der Waals surface area contributed by atoms with Crippen molar-refractivity contribution in [2.45, 2.75) is 46.8 Å². The van der Waals surface area contributed by atoms with Crippen LogP contribution in [0.5, 0.6) is 17.2 Å². The molecule has 0 aromatic heterocycles. The summed E-state index contributed by atoms with van der Waals surface area (Å²) >= 11 is 0. The topological polar surface area (TPSA) is 88.5 Å². The zero-order valence-corrected chi connectivity index (χ0v) is 22.8. The Labute approximate surface area is 219 Å². The van der Waals surface area contributed by atoms with E-state index < -0.39 is 17.7 Å². The molecular formula is C29H38N2O6. The maximum Gasteiger partial charge on any atom is 0.295 e. The zero-order chi connectivity index (χ0) is 27.3. The van der Waals surface area contributed by atoms with Crippen LogP contribution in [0.1, 0.15) is 50.4 Å². The predicted molar refractivity (Wildman–Crippen MR) is 143 cm³/mol. The standard InChI is InChI=1S/C29H38N2O6/c1-8-30(9-2)15-16-31-25(21-11-10-12-23(35-6)28(21)36-7)24(27(33)29(31)34)26(32)20-13-14-22(19(5)17-20)37-18(3)4/h10-14,17-18,25,32H,8-9,15-16H2,1-7H3/t25-/m0/s1. The van der Waals surface area contributed by atoms with Crippen LogP contribution >= 0.6 is 0 Å². The maximum absolute atomic E-state index is 13.4. The predicted octanol–water partition coefficient (Wildman–Crippen LogP) is 4.56. The SMILES string of the molecule is CCN(CC)CCN1C(=O)C(=O)C(=C(O)c2ccc(OC(C)C)c(C)c2)[C@@H]1c1cccc(OC)c1OC. The Morgan fingerprint density at radius 1 is 1.05 bits per heavy atom. The third-order valence-electron chi connectivity index (χ3n) is 6.63. The van der Waals surface area contributed by atoms with Crippen molar-refractivity contribution in [1.29, 1.82) is 0 Å². The van der Waals surface area contributed by atoms with Crippen LogP contribution in [0.4, 0.5) is 0 Å². The number of carbonyl (C=O) groups excluding carboxylic acids is 2. The normalized spacial score (nSPS) is 17.1. The highest BCUT2D eigenvalue weighted by molar-refractivity contribution is 6.46. The summed E-state index contributed by atoms with van der Waals surface area (Å²) in [7, 11) is 3.04. The molecule has 1 heterocycles. The molecule has 1 aliphatic heterocycles. The van der Waals surface area contributed by atoms with E-state index in [1.807, 2.05) is 20.8 Å². The Bertz CT molecular complexity index is 1170. The first-order valence-electron chi connectivity index (χ1n) is 12.7. The van der Waals surface area contributed by atoms with Crippen LogP contribution in [-0.2, 0) is 9.59 Å². The van der Waals surface area contributed by atoms with Gasteiger partial charge < -0.3 is 29.1 Å². The van der Waals surface area contributed by atoms with Crippen molar-refractivity contribution in [3.8, 4) is 17.2 Å². The summed E-state index contributed by atoms with van der Waals surface area (Å²) in [6.45, 7) is 12.4. The van der Waals surface area contributed by atoms with Crippen molar-refractivity contribution in [3.05, 3.63) is 58.7 Å². The largest absolute Gasteiger partial charge is 0.507 e. The number of ether oxygens (including phenoxy) is 3. The number of benzene rings is 2. The Morgan fingerprint density at radius 3 is 2.32 bits per heavy atom. The minimum atomic E-state index is -0.840. The number of hydrogen-bond donors (Lipinski definition) is 1. The summed E-state index contributed by atoms with van der Waals surface area (Å²) in [6, 6.07) is 9.71. The van der Waals surface area contributed by atoms with Crippen molar-refractivity contribution < 1.29 is 28.9 Å². The molecule has 0 saturated carbocycles. The first-order chi connectivity index (χ1) is 17.7. The Balaban J connectivity index is 2.19. The number of aliphatic hydroxyl groups excluding tert-OH is 1. The minimum Gasteiger partial charge on any atom is -0.507 e. The number of para-hydroxylation sites is 1. The number of hydrogen-bond acceptors (Lipinski definition) is 7. The molecule has 2 aromatic rings. The van der Waals surface area contributed by atoms with E-state index in [1.165, 1.54) is 19.1 Å². The van der Waals surface area contributed by atoms with Crippen LogP contribution in [0.2, 0.25) is 0 Å². The van der Waals surface area contributed by atoms with Crippen molar-refractivity contribution in [2.75, 3.05) is 40.4 Å². The highest BCUT2D eigenvalue weighted by Crippen LogP contribution is 2.45. The molecule has 1 fully saturated rings. The lowest BCUT2D eigenvalue weighted by Gasteiger charge is -2.29. The van der Waals surface area contributed by atoms with Gasteiger partial charge in [0.1, 0.15) is 11.5 Å². The van der Waals surface area contributed by atoms with E-state index in [4.69, 9.17) is 14.2 Å². The van der Waals surface area contributed by atoms with E-state index >= 15 is 0 Å². The van der Waals surface area contributed by atoms with Gasteiger partial charge in [0.15, 0.2) is 11.5 Å². The van der Waals surface area contributed by atoms with Gasteiger partial charge in [-0.3, -0.25) is 9.59 Å². The minimum absolute atomic E-state index is 0.00481. The van der Waals surface area contributed by atoms with Gasteiger partial charge in [0.2, 0.25) is 0 Å². The Morgan fingerprint density at radius 2 is 1.76 bits per heavy atom. The molecule has 0 unspecified atom stereocenters. The van der Waals surface area contributed by atoms with Gasteiger partial charge in [-0.15, -0.1) is 0 Å². The number of Topliss-reactive ketones (excluding diaryl/α,β-unsaturated/α-hetero) is 1. The molecule has 1 saturated heterocycles. The lowest BCUT2D eigenvalue weighted by molar-refractivity contribution is -0.140. The third-order valence-corrected chi connectivity index (χ3v) is 6.63. The first kappa shape index (κ1) is 28.1. The second kappa shape index (κ2) is 12.1. The lowest BCUT2D eigenvalue weighted by Crippen LogP contribution is -2.38. The van der Waals surface area contributed by atoms with Gasteiger partial charge in [0, 0.05) is 24.2 Å². The van der Waals surface area contributed by atoms with E-state index in [1.54, 1.807) is 36.4 Å². The quantitative estimate of drug-likeness (QED) is 0.269. The van der Waals surface area contributed by atoms with Gasteiger partial charge in [-0.25, -0.2) is 0 Å². The van der Waals surface area contributed by atoms with Crippen LogP contribution in [-0.4, -0.2) is 73.1 Å². The molecule has 1 atom stereocenters. The highest BCUT2D eigenvalue weighted by Gasteiger charge is 2.47. The number of ketones is 1. The maximum atomic E-state index is 13.4. The van der Waals surface area contributed by atoms with Crippen molar-refractivity contribution in [2.24, 2.45) is 0 Å². The van der Waals surface area contributed by atoms with Gasteiger partial charge in [-0.1, -0.05) is 26.0 Å². The fourth-order valence-electron chi connectivity index (χ4n) is 4.69. The number of methoxy groups -OCH3 is 2. The fourth-order valence-corrected chi connectivity index (χ4v) is 4.69. The average molecular weight is 511 g/mol.